The lowest BCUT2D eigenvalue weighted by Crippen LogP contribution is -1.89. The molecule has 1 aliphatic carbocycles. The molecule has 0 saturated heterocycles. The van der Waals surface area contributed by atoms with E-state index in [4.69, 9.17) is 0 Å². The zero-order valence-electron chi connectivity index (χ0n) is 8.20. The lowest BCUT2D eigenvalue weighted by atomic mass is 10.1. The molecule has 1 atom stereocenters. The van der Waals surface area contributed by atoms with Crippen LogP contribution in [0.4, 0.5) is 5.69 Å². The van der Waals surface area contributed by atoms with Gasteiger partial charge in [0.05, 0.1) is 5.69 Å². The van der Waals surface area contributed by atoms with E-state index in [-0.39, 0.29) is 0 Å². The average molecular weight is 173 g/mol. The molecule has 1 aliphatic rings. The van der Waals surface area contributed by atoms with Crippen molar-refractivity contribution >= 4 is 11.9 Å². The number of hydrogen-bond donors (Lipinski definition) is 0. The van der Waals surface area contributed by atoms with Gasteiger partial charge < -0.3 is 0 Å². The van der Waals surface area contributed by atoms with E-state index in [9.17, 15) is 0 Å². The Morgan fingerprint density at radius 3 is 2.46 bits per heavy atom. The van der Waals surface area contributed by atoms with Crippen LogP contribution in [0.25, 0.3) is 0 Å². The molecular weight excluding hydrogens is 158 g/mol. The standard InChI is InChI=1S/C12H15N/c1-12(2)8-10(12)9-13-11-6-4-3-5-7-11/h3-7,9-10H,8H2,1-2H3. The van der Waals surface area contributed by atoms with E-state index in [1.165, 1.54) is 6.42 Å². The Kier molecular flexibility index (Phi) is 1.95. The number of aliphatic imine (C=N–C) groups is 1. The molecule has 1 heteroatoms. The number of hydrogen-bond acceptors (Lipinski definition) is 1. The first-order chi connectivity index (χ1) is 6.18. The molecule has 2 rings (SSSR count). The third kappa shape index (κ3) is 1.97. The van der Waals surface area contributed by atoms with Gasteiger partial charge in [0.15, 0.2) is 0 Å². The van der Waals surface area contributed by atoms with Crippen LogP contribution in [0.3, 0.4) is 0 Å². The van der Waals surface area contributed by atoms with E-state index in [2.05, 4.69) is 25.1 Å². The molecule has 0 spiro atoms. The molecule has 1 aromatic carbocycles. The van der Waals surface area contributed by atoms with E-state index >= 15 is 0 Å². The Morgan fingerprint density at radius 2 is 1.92 bits per heavy atom. The predicted molar refractivity (Wildman–Crippen MR) is 56.5 cm³/mol. The van der Waals surface area contributed by atoms with Crippen LogP contribution in [0.5, 0.6) is 0 Å². The highest BCUT2D eigenvalue weighted by Gasteiger charge is 2.44. The summed E-state index contributed by atoms with van der Waals surface area (Å²) in [5.74, 6) is 0.688. The maximum absolute atomic E-state index is 4.44. The fourth-order valence-corrected chi connectivity index (χ4v) is 1.45. The summed E-state index contributed by atoms with van der Waals surface area (Å²) in [5.41, 5.74) is 1.56. The van der Waals surface area contributed by atoms with Crippen molar-refractivity contribution in [3.63, 3.8) is 0 Å². The summed E-state index contributed by atoms with van der Waals surface area (Å²) in [6.45, 7) is 4.57. The lowest BCUT2D eigenvalue weighted by Gasteiger charge is -1.95. The smallest absolute Gasteiger partial charge is 0.0625 e. The van der Waals surface area contributed by atoms with E-state index < -0.39 is 0 Å². The SMILES string of the molecule is CC1(C)CC1C=Nc1ccccc1. The average Bonchev–Trinajstić information content (AvgIpc) is 2.73. The largest absolute Gasteiger partial charge is 0.261 e. The third-order valence-corrected chi connectivity index (χ3v) is 2.75. The van der Waals surface area contributed by atoms with Crippen LogP contribution in [0, 0.1) is 11.3 Å². The number of nitrogens with zero attached hydrogens (tertiary/aromatic N) is 1. The van der Waals surface area contributed by atoms with Crippen LogP contribution < -0.4 is 0 Å². The van der Waals surface area contributed by atoms with E-state index in [0.717, 1.165) is 5.69 Å². The first-order valence-electron chi connectivity index (χ1n) is 4.78. The Labute approximate surface area is 79.5 Å². The summed E-state index contributed by atoms with van der Waals surface area (Å²) >= 11 is 0. The van der Waals surface area contributed by atoms with Crippen molar-refractivity contribution in [2.24, 2.45) is 16.3 Å². The first-order valence-corrected chi connectivity index (χ1v) is 4.78. The zero-order chi connectivity index (χ0) is 9.31. The summed E-state index contributed by atoms with van der Waals surface area (Å²) in [6.07, 6.45) is 3.37. The Morgan fingerprint density at radius 1 is 1.31 bits per heavy atom. The van der Waals surface area contributed by atoms with Gasteiger partial charge in [-0.1, -0.05) is 32.0 Å². The van der Waals surface area contributed by atoms with Gasteiger partial charge in [0.2, 0.25) is 0 Å². The van der Waals surface area contributed by atoms with Gasteiger partial charge >= 0.3 is 0 Å². The van der Waals surface area contributed by atoms with Crippen LogP contribution >= 0.6 is 0 Å². The summed E-state index contributed by atoms with van der Waals surface area (Å²) < 4.78 is 0. The molecule has 0 heterocycles. The maximum Gasteiger partial charge on any atom is 0.0625 e. The third-order valence-electron chi connectivity index (χ3n) is 2.75. The molecule has 0 amide bonds. The molecular formula is C12H15N. The minimum absolute atomic E-state index is 0.498. The summed E-state index contributed by atoms with van der Waals surface area (Å²) in [6, 6.07) is 10.1. The van der Waals surface area contributed by atoms with Crippen LogP contribution in [0.15, 0.2) is 35.3 Å². The van der Waals surface area contributed by atoms with Crippen molar-refractivity contribution in [2.75, 3.05) is 0 Å². The van der Waals surface area contributed by atoms with Crippen molar-refractivity contribution in [1.82, 2.24) is 0 Å². The molecule has 0 aromatic heterocycles. The van der Waals surface area contributed by atoms with Crippen molar-refractivity contribution in [1.29, 1.82) is 0 Å². The van der Waals surface area contributed by atoms with Crippen LogP contribution in [-0.4, -0.2) is 6.21 Å². The quantitative estimate of drug-likeness (QED) is 0.607. The number of rotatable bonds is 2. The topological polar surface area (TPSA) is 12.4 Å². The van der Waals surface area contributed by atoms with Crippen molar-refractivity contribution in [3.05, 3.63) is 30.3 Å². The number of para-hydroxylation sites is 1. The Bertz CT molecular complexity index is 311. The number of benzene rings is 1. The summed E-state index contributed by atoms with van der Waals surface area (Å²) in [7, 11) is 0. The van der Waals surface area contributed by atoms with Gasteiger partial charge in [0.1, 0.15) is 0 Å². The molecule has 1 unspecified atom stereocenters. The Hall–Kier alpha value is -1.11. The molecule has 68 valence electrons. The second-order valence-electron chi connectivity index (χ2n) is 4.41. The molecule has 0 radical (unpaired) electrons. The van der Waals surface area contributed by atoms with Gasteiger partial charge in [-0.15, -0.1) is 0 Å². The highest BCUT2D eigenvalue weighted by Crippen LogP contribution is 2.50. The second kappa shape index (κ2) is 2.99. The Balaban J connectivity index is 2.00. The van der Waals surface area contributed by atoms with Crippen LogP contribution in [0.2, 0.25) is 0 Å². The molecule has 1 nitrogen and oxygen atoms in total. The van der Waals surface area contributed by atoms with Crippen LogP contribution in [-0.2, 0) is 0 Å². The zero-order valence-corrected chi connectivity index (χ0v) is 8.20. The molecule has 1 saturated carbocycles. The molecule has 13 heavy (non-hydrogen) atoms. The fourth-order valence-electron chi connectivity index (χ4n) is 1.45. The van der Waals surface area contributed by atoms with Crippen molar-refractivity contribution < 1.29 is 0 Å². The predicted octanol–water partition coefficient (Wildman–Crippen LogP) is 3.44. The maximum atomic E-state index is 4.44. The van der Waals surface area contributed by atoms with Gasteiger partial charge in [-0.2, -0.15) is 0 Å². The summed E-state index contributed by atoms with van der Waals surface area (Å²) in [4.78, 5) is 4.44. The highest BCUT2D eigenvalue weighted by atomic mass is 14.7. The van der Waals surface area contributed by atoms with Crippen LogP contribution in [0.1, 0.15) is 20.3 Å². The van der Waals surface area contributed by atoms with E-state index in [1.54, 1.807) is 0 Å². The van der Waals surface area contributed by atoms with Gasteiger partial charge in [-0.25, -0.2) is 0 Å². The van der Waals surface area contributed by atoms with Crippen molar-refractivity contribution in [2.45, 2.75) is 20.3 Å². The molecule has 0 N–H and O–H groups in total. The second-order valence-corrected chi connectivity index (χ2v) is 4.41. The normalized spacial score (nSPS) is 24.9. The van der Waals surface area contributed by atoms with Gasteiger partial charge in [-0.05, 0) is 29.9 Å². The molecule has 0 aliphatic heterocycles. The summed E-state index contributed by atoms with van der Waals surface area (Å²) in [5, 5.41) is 0. The minimum Gasteiger partial charge on any atom is -0.261 e. The highest BCUT2D eigenvalue weighted by molar-refractivity contribution is 5.69. The first kappa shape index (κ1) is 8.49. The molecule has 1 fully saturated rings. The van der Waals surface area contributed by atoms with Gasteiger partial charge in [0.25, 0.3) is 0 Å². The van der Waals surface area contributed by atoms with E-state index in [1.807, 2.05) is 30.3 Å². The van der Waals surface area contributed by atoms with Crippen molar-refractivity contribution in [3.8, 4) is 0 Å². The van der Waals surface area contributed by atoms with E-state index in [0.29, 0.717) is 11.3 Å². The fraction of sp³-hybridized carbons (Fsp3) is 0.417. The van der Waals surface area contributed by atoms with Gasteiger partial charge in [0, 0.05) is 6.21 Å². The minimum atomic E-state index is 0.498. The molecule has 1 aromatic rings. The monoisotopic (exact) mass is 173 g/mol. The van der Waals surface area contributed by atoms with Gasteiger partial charge in [-0.3, -0.25) is 4.99 Å². The molecule has 0 bridgehead atoms. The lowest BCUT2D eigenvalue weighted by molar-refractivity contribution is 0.625.